The number of anilines is 2. The zero-order chi connectivity index (χ0) is 10.8. The van der Waals surface area contributed by atoms with Gasteiger partial charge in [-0.3, -0.25) is 10.00 Å². The largest absolute Gasteiger partial charge is 0.394 e. The number of urea groups is 1. The fourth-order valence-corrected chi connectivity index (χ4v) is 1.49. The molecule has 4 N–H and O–H groups in total. The summed E-state index contributed by atoms with van der Waals surface area (Å²) in [5.74, 6) is 0.534. The highest BCUT2D eigenvalue weighted by molar-refractivity contribution is 5.91. The summed E-state index contributed by atoms with van der Waals surface area (Å²) < 4.78 is 1.54. The first kappa shape index (κ1) is 9.82. The molecule has 2 rings (SSSR count). The second-order valence-corrected chi connectivity index (χ2v) is 3.80. The highest BCUT2D eigenvalue weighted by Gasteiger charge is 2.20. The van der Waals surface area contributed by atoms with Crippen LogP contribution < -0.4 is 16.4 Å². The van der Waals surface area contributed by atoms with E-state index in [1.807, 2.05) is 0 Å². The van der Waals surface area contributed by atoms with Gasteiger partial charge in [-0.05, 0) is 19.3 Å². The van der Waals surface area contributed by atoms with Gasteiger partial charge < -0.3 is 11.1 Å². The highest BCUT2D eigenvalue weighted by atomic mass is 16.2. The third-order valence-corrected chi connectivity index (χ3v) is 2.64. The molecule has 1 aromatic rings. The van der Waals surface area contributed by atoms with E-state index >= 15 is 0 Å². The van der Waals surface area contributed by atoms with Crippen molar-refractivity contribution in [2.45, 2.75) is 25.3 Å². The van der Waals surface area contributed by atoms with Crippen LogP contribution in [0.15, 0.2) is 6.20 Å². The smallest absolute Gasteiger partial charge is 0.320 e. The predicted octanol–water partition coefficient (Wildman–Crippen LogP) is 0.676. The molecular formula is C9H15N5O. The number of carbonyl (C=O) groups excluding carboxylic acids is 1. The van der Waals surface area contributed by atoms with E-state index in [1.54, 1.807) is 7.05 Å². The van der Waals surface area contributed by atoms with Gasteiger partial charge in [0.25, 0.3) is 0 Å². The van der Waals surface area contributed by atoms with Crippen molar-refractivity contribution in [3.63, 3.8) is 0 Å². The number of aryl methyl sites for hydroxylation is 1. The van der Waals surface area contributed by atoms with Crippen molar-refractivity contribution in [1.29, 1.82) is 0 Å². The van der Waals surface area contributed by atoms with Crippen LogP contribution in [0.1, 0.15) is 19.3 Å². The topological polar surface area (TPSA) is 85.0 Å². The molecule has 1 heterocycles. The predicted molar refractivity (Wildman–Crippen MR) is 57.4 cm³/mol. The van der Waals surface area contributed by atoms with Crippen LogP contribution in [0, 0.1) is 0 Å². The summed E-state index contributed by atoms with van der Waals surface area (Å²) in [5.41, 5.74) is 6.11. The zero-order valence-corrected chi connectivity index (χ0v) is 8.66. The average molecular weight is 209 g/mol. The molecule has 82 valence electrons. The molecule has 0 saturated heterocycles. The van der Waals surface area contributed by atoms with E-state index in [0.29, 0.717) is 17.5 Å². The van der Waals surface area contributed by atoms with Crippen LogP contribution in [0.5, 0.6) is 0 Å². The van der Waals surface area contributed by atoms with Crippen LogP contribution in [-0.4, -0.2) is 21.9 Å². The van der Waals surface area contributed by atoms with Crippen molar-refractivity contribution in [2.24, 2.45) is 7.05 Å². The number of nitrogen functional groups attached to an aromatic ring is 1. The first-order valence-corrected chi connectivity index (χ1v) is 5.02. The molecule has 0 spiro atoms. The minimum atomic E-state index is -0.213. The summed E-state index contributed by atoms with van der Waals surface area (Å²) >= 11 is 0. The molecule has 0 atom stereocenters. The standard InChI is InChI=1S/C9H15N5O/c1-14-8(7(10)5-11-14)13-9(15)12-6-3-2-4-6/h5-6H,2-4,10H2,1H3,(H2,12,13,15). The van der Waals surface area contributed by atoms with E-state index in [-0.39, 0.29) is 6.03 Å². The van der Waals surface area contributed by atoms with Crippen molar-refractivity contribution in [3.05, 3.63) is 6.20 Å². The Kier molecular flexibility index (Phi) is 2.49. The molecule has 6 nitrogen and oxygen atoms in total. The summed E-state index contributed by atoms with van der Waals surface area (Å²) in [7, 11) is 1.73. The fraction of sp³-hybridized carbons (Fsp3) is 0.556. The maximum absolute atomic E-state index is 11.5. The number of nitrogens with two attached hydrogens (primary N) is 1. The Hall–Kier alpha value is -1.72. The van der Waals surface area contributed by atoms with Crippen LogP contribution in [0.2, 0.25) is 0 Å². The minimum absolute atomic E-state index is 0.213. The molecule has 0 radical (unpaired) electrons. The Morgan fingerprint density at radius 1 is 1.67 bits per heavy atom. The number of nitrogens with zero attached hydrogens (tertiary/aromatic N) is 2. The van der Waals surface area contributed by atoms with Crippen molar-refractivity contribution < 1.29 is 4.79 Å². The lowest BCUT2D eigenvalue weighted by Gasteiger charge is -2.26. The van der Waals surface area contributed by atoms with Crippen molar-refractivity contribution in [2.75, 3.05) is 11.1 Å². The van der Waals surface area contributed by atoms with Gasteiger partial charge in [0.1, 0.15) is 0 Å². The van der Waals surface area contributed by atoms with Crippen molar-refractivity contribution in [3.8, 4) is 0 Å². The Morgan fingerprint density at radius 2 is 2.40 bits per heavy atom. The molecule has 0 aromatic carbocycles. The van der Waals surface area contributed by atoms with E-state index in [2.05, 4.69) is 15.7 Å². The molecule has 1 aromatic heterocycles. The molecule has 6 heteroatoms. The first-order valence-electron chi connectivity index (χ1n) is 5.02. The van der Waals surface area contributed by atoms with Crippen LogP contribution in [0.3, 0.4) is 0 Å². The van der Waals surface area contributed by atoms with Gasteiger partial charge in [-0.15, -0.1) is 0 Å². The summed E-state index contributed by atoms with van der Waals surface area (Å²) in [6.45, 7) is 0. The minimum Gasteiger partial charge on any atom is -0.394 e. The van der Waals surface area contributed by atoms with Gasteiger partial charge in [0.15, 0.2) is 5.82 Å². The van der Waals surface area contributed by atoms with Gasteiger partial charge in [0.05, 0.1) is 11.9 Å². The summed E-state index contributed by atoms with van der Waals surface area (Å²) in [6.07, 6.45) is 4.83. The summed E-state index contributed by atoms with van der Waals surface area (Å²) in [6, 6.07) is 0.106. The van der Waals surface area contributed by atoms with E-state index in [1.165, 1.54) is 17.3 Å². The Bertz CT molecular complexity index is 349. The maximum Gasteiger partial charge on any atom is 0.320 e. The first-order chi connectivity index (χ1) is 7.16. The van der Waals surface area contributed by atoms with Crippen molar-refractivity contribution >= 4 is 17.5 Å². The average Bonchev–Trinajstić information content (AvgIpc) is 2.43. The lowest BCUT2D eigenvalue weighted by molar-refractivity contribution is 0.240. The molecule has 1 fully saturated rings. The quantitative estimate of drug-likeness (QED) is 0.669. The molecule has 1 aliphatic rings. The number of carbonyl (C=O) groups is 1. The van der Waals surface area contributed by atoms with Gasteiger partial charge in [-0.2, -0.15) is 5.10 Å². The summed E-state index contributed by atoms with van der Waals surface area (Å²) in [4.78, 5) is 11.5. The highest BCUT2D eigenvalue weighted by Crippen LogP contribution is 2.19. The number of aromatic nitrogens is 2. The van der Waals surface area contributed by atoms with E-state index in [4.69, 9.17) is 5.73 Å². The third-order valence-electron chi connectivity index (χ3n) is 2.64. The molecular weight excluding hydrogens is 194 g/mol. The number of hydrogen-bond donors (Lipinski definition) is 3. The fourth-order valence-electron chi connectivity index (χ4n) is 1.49. The summed E-state index contributed by atoms with van der Waals surface area (Å²) in [5, 5.41) is 9.48. The van der Waals surface area contributed by atoms with Gasteiger partial charge in [-0.25, -0.2) is 4.79 Å². The molecule has 2 amide bonds. The second-order valence-electron chi connectivity index (χ2n) is 3.80. The zero-order valence-electron chi connectivity index (χ0n) is 8.66. The number of hydrogen-bond acceptors (Lipinski definition) is 3. The van der Waals surface area contributed by atoms with Gasteiger partial charge in [0.2, 0.25) is 0 Å². The third kappa shape index (κ3) is 2.03. The number of amides is 2. The number of nitrogens with one attached hydrogen (secondary N) is 2. The molecule has 1 saturated carbocycles. The Morgan fingerprint density at radius 3 is 2.87 bits per heavy atom. The van der Waals surface area contributed by atoms with Gasteiger partial charge in [0, 0.05) is 13.1 Å². The molecule has 0 aliphatic heterocycles. The maximum atomic E-state index is 11.5. The monoisotopic (exact) mass is 209 g/mol. The van der Waals surface area contributed by atoms with Crippen molar-refractivity contribution in [1.82, 2.24) is 15.1 Å². The van der Waals surface area contributed by atoms with Crippen LogP contribution in [0.4, 0.5) is 16.3 Å². The van der Waals surface area contributed by atoms with Crippen LogP contribution >= 0.6 is 0 Å². The van der Waals surface area contributed by atoms with E-state index in [9.17, 15) is 4.79 Å². The lowest BCUT2D eigenvalue weighted by Crippen LogP contribution is -2.42. The lowest BCUT2D eigenvalue weighted by atomic mass is 9.93. The van der Waals surface area contributed by atoms with Gasteiger partial charge in [-0.1, -0.05) is 0 Å². The molecule has 0 unspecified atom stereocenters. The van der Waals surface area contributed by atoms with Crippen LogP contribution in [-0.2, 0) is 7.05 Å². The Labute approximate surface area is 87.8 Å². The number of rotatable bonds is 2. The molecule has 0 bridgehead atoms. The Balaban J connectivity index is 1.93. The van der Waals surface area contributed by atoms with E-state index < -0.39 is 0 Å². The normalized spacial score (nSPS) is 15.8. The SMILES string of the molecule is Cn1ncc(N)c1NC(=O)NC1CCC1. The molecule has 1 aliphatic carbocycles. The van der Waals surface area contributed by atoms with Crippen LogP contribution in [0.25, 0.3) is 0 Å². The molecule has 15 heavy (non-hydrogen) atoms. The van der Waals surface area contributed by atoms with E-state index in [0.717, 1.165) is 12.8 Å². The second kappa shape index (κ2) is 3.80. The van der Waals surface area contributed by atoms with Gasteiger partial charge >= 0.3 is 6.03 Å².